The van der Waals surface area contributed by atoms with Gasteiger partial charge in [-0.3, -0.25) is 9.59 Å². The van der Waals surface area contributed by atoms with Crippen molar-refractivity contribution in [3.8, 4) is 0 Å². The first-order valence-electron chi connectivity index (χ1n) is 9.14. The van der Waals surface area contributed by atoms with Gasteiger partial charge in [-0.2, -0.15) is 0 Å². The molecule has 0 amide bonds. The molecule has 0 aliphatic heterocycles. The van der Waals surface area contributed by atoms with Crippen LogP contribution in [0.4, 0.5) is 0 Å². The fourth-order valence-corrected chi connectivity index (χ4v) is 3.00. The van der Waals surface area contributed by atoms with Crippen LogP contribution in [0.1, 0.15) is 62.2 Å². The van der Waals surface area contributed by atoms with Gasteiger partial charge in [-0.1, -0.05) is 50.5 Å². The van der Waals surface area contributed by atoms with Gasteiger partial charge in [-0.05, 0) is 31.4 Å². The Bertz CT molecular complexity index is 743. The van der Waals surface area contributed by atoms with Crippen LogP contribution in [0.2, 0.25) is 0 Å². The first-order valence-corrected chi connectivity index (χ1v) is 9.14. The van der Waals surface area contributed by atoms with Crippen LogP contribution in [0.25, 0.3) is 10.9 Å². The van der Waals surface area contributed by atoms with Crippen LogP contribution in [-0.4, -0.2) is 21.4 Å². The Morgan fingerprint density at radius 3 is 2.68 bits per heavy atom. The minimum atomic E-state index is -0.793. The predicted octanol–water partition coefficient (Wildman–Crippen LogP) is 5.22. The number of hydrogen-bond donors (Lipinski definition) is 1. The lowest BCUT2D eigenvalue weighted by Gasteiger charge is -2.03. The van der Waals surface area contributed by atoms with Crippen LogP contribution in [0.3, 0.4) is 0 Å². The second-order valence-corrected chi connectivity index (χ2v) is 6.37. The van der Waals surface area contributed by atoms with Crippen molar-refractivity contribution in [1.29, 1.82) is 0 Å². The average Bonchev–Trinajstić information content (AvgIpc) is 2.97. The van der Waals surface area contributed by atoms with Crippen molar-refractivity contribution in [2.24, 2.45) is 0 Å². The van der Waals surface area contributed by atoms with E-state index in [9.17, 15) is 9.59 Å². The largest absolute Gasteiger partial charge is 0.481 e. The quantitative estimate of drug-likeness (QED) is 0.346. The summed E-state index contributed by atoms with van der Waals surface area (Å²) in [6.07, 6.45) is 11.9. The van der Waals surface area contributed by atoms with E-state index in [1.165, 1.54) is 19.3 Å². The molecular weight excluding hydrogens is 314 g/mol. The molecule has 2 rings (SSSR count). The number of aliphatic carboxylic acids is 1. The predicted molar refractivity (Wildman–Crippen MR) is 101 cm³/mol. The van der Waals surface area contributed by atoms with E-state index >= 15 is 0 Å². The topological polar surface area (TPSA) is 59.3 Å². The van der Waals surface area contributed by atoms with Crippen molar-refractivity contribution in [2.45, 2.75) is 58.4 Å². The number of nitrogens with zero attached hydrogens (tertiary/aromatic N) is 1. The SMILES string of the molecule is CCCCCC/C=C/C(=O)c1cn(CCCC(=O)O)c2ccccc12. The highest BCUT2D eigenvalue weighted by atomic mass is 16.4. The molecule has 1 heterocycles. The fraction of sp³-hybridized carbons (Fsp3) is 0.429. The van der Waals surface area contributed by atoms with Gasteiger partial charge >= 0.3 is 5.97 Å². The van der Waals surface area contributed by atoms with Gasteiger partial charge in [0.15, 0.2) is 5.78 Å². The van der Waals surface area contributed by atoms with Gasteiger partial charge in [0.2, 0.25) is 0 Å². The minimum absolute atomic E-state index is 0.0173. The van der Waals surface area contributed by atoms with Crippen molar-refractivity contribution < 1.29 is 14.7 Å². The number of aromatic nitrogens is 1. The molecule has 0 radical (unpaired) electrons. The Hall–Kier alpha value is -2.36. The fourth-order valence-electron chi connectivity index (χ4n) is 3.00. The molecule has 0 atom stereocenters. The summed E-state index contributed by atoms with van der Waals surface area (Å²) < 4.78 is 1.99. The smallest absolute Gasteiger partial charge is 0.303 e. The number of carboxylic acid groups (broad SMARTS) is 1. The van der Waals surface area contributed by atoms with Crippen LogP contribution >= 0.6 is 0 Å². The summed E-state index contributed by atoms with van der Waals surface area (Å²) in [6.45, 7) is 2.78. The van der Waals surface area contributed by atoms with E-state index < -0.39 is 5.97 Å². The molecule has 1 aromatic heterocycles. The Morgan fingerprint density at radius 2 is 1.92 bits per heavy atom. The minimum Gasteiger partial charge on any atom is -0.481 e. The standard InChI is InChI=1S/C21H27NO3/c1-2-3-4-5-6-7-13-20(23)18-16-22(15-10-14-21(24)25)19-12-9-8-11-17(18)19/h7-9,11-13,16H,2-6,10,14-15H2,1H3,(H,24,25)/b13-7+. The third-order valence-corrected chi connectivity index (χ3v) is 4.34. The summed E-state index contributed by atoms with van der Waals surface area (Å²) in [4.78, 5) is 23.3. The Balaban J connectivity index is 2.08. The lowest BCUT2D eigenvalue weighted by molar-refractivity contribution is -0.137. The van der Waals surface area contributed by atoms with E-state index in [0.29, 0.717) is 18.5 Å². The zero-order valence-corrected chi connectivity index (χ0v) is 14.9. The monoisotopic (exact) mass is 341 g/mol. The van der Waals surface area contributed by atoms with E-state index in [0.717, 1.165) is 23.7 Å². The zero-order chi connectivity index (χ0) is 18.1. The van der Waals surface area contributed by atoms with Crippen LogP contribution in [-0.2, 0) is 11.3 Å². The lowest BCUT2D eigenvalue weighted by atomic mass is 10.1. The van der Waals surface area contributed by atoms with Gasteiger partial charge in [0.1, 0.15) is 0 Å². The van der Waals surface area contributed by atoms with Crippen LogP contribution < -0.4 is 0 Å². The molecule has 0 unspecified atom stereocenters. The van der Waals surface area contributed by atoms with Crippen molar-refractivity contribution >= 4 is 22.7 Å². The lowest BCUT2D eigenvalue weighted by Crippen LogP contribution is -2.01. The Morgan fingerprint density at radius 1 is 1.12 bits per heavy atom. The summed E-state index contributed by atoms with van der Waals surface area (Å²) >= 11 is 0. The number of hydrogen-bond acceptors (Lipinski definition) is 2. The number of unbranched alkanes of at least 4 members (excludes halogenated alkanes) is 4. The first-order chi connectivity index (χ1) is 12.1. The molecule has 0 saturated heterocycles. The summed E-state index contributed by atoms with van der Waals surface area (Å²) in [5, 5.41) is 9.73. The Labute approximate surface area is 149 Å². The molecule has 4 nitrogen and oxygen atoms in total. The molecule has 0 bridgehead atoms. The highest BCUT2D eigenvalue weighted by molar-refractivity contribution is 6.13. The van der Waals surface area contributed by atoms with E-state index in [2.05, 4.69) is 6.92 Å². The maximum Gasteiger partial charge on any atom is 0.303 e. The zero-order valence-electron chi connectivity index (χ0n) is 14.9. The normalized spacial score (nSPS) is 11.4. The molecule has 0 fully saturated rings. The van der Waals surface area contributed by atoms with Gasteiger partial charge in [-0.25, -0.2) is 0 Å². The highest BCUT2D eigenvalue weighted by Gasteiger charge is 2.12. The van der Waals surface area contributed by atoms with Gasteiger partial charge in [0.25, 0.3) is 0 Å². The maximum atomic E-state index is 12.5. The number of carbonyl (C=O) groups excluding carboxylic acids is 1. The van der Waals surface area contributed by atoms with E-state index in [-0.39, 0.29) is 12.2 Å². The second kappa shape index (κ2) is 9.82. The number of carbonyl (C=O) groups is 2. The third kappa shape index (κ3) is 5.59. The van der Waals surface area contributed by atoms with E-state index in [4.69, 9.17) is 5.11 Å². The summed E-state index contributed by atoms with van der Waals surface area (Å²) in [5.41, 5.74) is 1.67. The van der Waals surface area contributed by atoms with Crippen molar-refractivity contribution in [2.75, 3.05) is 0 Å². The molecular formula is C21H27NO3. The molecule has 4 heteroatoms. The molecule has 0 spiro atoms. The Kier molecular flexibility index (Phi) is 7.45. The molecule has 1 aromatic carbocycles. The van der Waals surface area contributed by atoms with Gasteiger partial charge < -0.3 is 9.67 Å². The summed E-state index contributed by atoms with van der Waals surface area (Å²) in [5.74, 6) is -0.776. The molecule has 0 saturated carbocycles. The average molecular weight is 341 g/mol. The molecule has 2 aromatic rings. The van der Waals surface area contributed by atoms with Crippen molar-refractivity contribution in [1.82, 2.24) is 4.57 Å². The number of carboxylic acids is 1. The van der Waals surface area contributed by atoms with E-state index in [1.54, 1.807) is 6.08 Å². The molecule has 25 heavy (non-hydrogen) atoms. The third-order valence-electron chi connectivity index (χ3n) is 4.34. The summed E-state index contributed by atoms with van der Waals surface area (Å²) in [7, 11) is 0. The first kappa shape index (κ1) is 19.0. The maximum absolute atomic E-state index is 12.5. The molecule has 1 N–H and O–H groups in total. The van der Waals surface area contributed by atoms with Crippen molar-refractivity contribution in [3.05, 3.63) is 48.2 Å². The number of rotatable bonds is 11. The number of allylic oxidation sites excluding steroid dienone is 2. The summed E-state index contributed by atoms with van der Waals surface area (Å²) in [6, 6.07) is 7.79. The van der Waals surface area contributed by atoms with E-state index in [1.807, 2.05) is 41.1 Å². The van der Waals surface area contributed by atoms with Crippen molar-refractivity contribution in [3.63, 3.8) is 0 Å². The van der Waals surface area contributed by atoms with Gasteiger partial charge in [-0.15, -0.1) is 0 Å². The highest BCUT2D eigenvalue weighted by Crippen LogP contribution is 2.23. The number of ketones is 1. The van der Waals surface area contributed by atoms with Crippen LogP contribution in [0.15, 0.2) is 42.6 Å². The number of para-hydroxylation sites is 1. The molecule has 0 aliphatic rings. The molecule has 0 aliphatic carbocycles. The molecule has 134 valence electrons. The van der Waals surface area contributed by atoms with Gasteiger partial charge in [0, 0.05) is 35.6 Å². The number of fused-ring (bicyclic) bond motifs is 1. The second-order valence-electron chi connectivity index (χ2n) is 6.37. The van der Waals surface area contributed by atoms with Gasteiger partial charge in [0.05, 0.1) is 0 Å². The van der Waals surface area contributed by atoms with Crippen LogP contribution in [0, 0.1) is 0 Å². The van der Waals surface area contributed by atoms with Crippen LogP contribution in [0.5, 0.6) is 0 Å². The number of aryl methyl sites for hydroxylation is 1. The number of benzene rings is 1.